The molecule has 0 fully saturated rings. The average Bonchev–Trinajstić information content (AvgIpc) is 2.84. The van der Waals surface area contributed by atoms with Crippen LogP contribution in [0.4, 0.5) is 5.82 Å². The van der Waals surface area contributed by atoms with Crippen LogP contribution in [-0.4, -0.2) is 16.5 Å². The molecule has 17 heavy (non-hydrogen) atoms. The Hall–Kier alpha value is -1.84. The van der Waals surface area contributed by atoms with Gasteiger partial charge >= 0.3 is 0 Å². The van der Waals surface area contributed by atoms with Crippen LogP contribution in [0.15, 0.2) is 22.8 Å². The van der Waals surface area contributed by atoms with E-state index in [1.807, 2.05) is 26.0 Å². The predicted molar refractivity (Wildman–Crippen MR) is 68.0 cm³/mol. The van der Waals surface area contributed by atoms with Gasteiger partial charge in [0.05, 0.1) is 6.26 Å². The molecule has 0 aliphatic heterocycles. The molecule has 4 heteroatoms. The highest BCUT2D eigenvalue weighted by Crippen LogP contribution is 2.21. The lowest BCUT2D eigenvalue weighted by atomic mass is 10.2. The van der Waals surface area contributed by atoms with Gasteiger partial charge in [-0.3, -0.25) is 0 Å². The predicted octanol–water partition coefficient (Wildman–Crippen LogP) is 3.18. The summed E-state index contributed by atoms with van der Waals surface area (Å²) < 4.78 is 5.32. The molecule has 0 bridgehead atoms. The van der Waals surface area contributed by atoms with Crippen molar-refractivity contribution in [2.45, 2.75) is 27.2 Å². The van der Waals surface area contributed by atoms with Gasteiger partial charge < -0.3 is 9.73 Å². The zero-order chi connectivity index (χ0) is 12.3. The van der Waals surface area contributed by atoms with Crippen molar-refractivity contribution in [3.05, 3.63) is 29.7 Å². The van der Waals surface area contributed by atoms with Crippen LogP contribution in [0.25, 0.3) is 11.6 Å². The molecule has 2 aromatic rings. The Balaban J connectivity index is 2.39. The van der Waals surface area contributed by atoms with Crippen molar-refractivity contribution in [1.82, 2.24) is 9.97 Å². The zero-order valence-corrected chi connectivity index (χ0v) is 10.4. The molecule has 0 aliphatic rings. The lowest BCUT2D eigenvalue weighted by Gasteiger charge is -2.10. The SMILES string of the molecule is CCCNc1nc(-c2ccco2)nc(C)c1C. The summed E-state index contributed by atoms with van der Waals surface area (Å²) >= 11 is 0. The van der Waals surface area contributed by atoms with E-state index in [0.29, 0.717) is 11.6 Å². The first-order valence-electron chi connectivity index (χ1n) is 5.85. The first kappa shape index (κ1) is 11.6. The topological polar surface area (TPSA) is 51.0 Å². The zero-order valence-electron chi connectivity index (χ0n) is 10.4. The molecule has 4 nitrogen and oxygen atoms in total. The second-order valence-corrected chi connectivity index (χ2v) is 4.01. The van der Waals surface area contributed by atoms with Crippen LogP contribution in [0.5, 0.6) is 0 Å². The smallest absolute Gasteiger partial charge is 0.197 e. The molecule has 2 rings (SSSR count). The van der Waals surface area contributed by atoms with E-state index in [9.17, 15) is 0 Å². The maximum Gasteiger partial charge on any atom is 0.197 e. The fourth-order valence-corrected chi connectivity index (χ4v) is 1.56. The highest BCUT2D eigenvalue weighted by Gasteiger charge is 2.10. The lowest BCUT2D eigenvalue weighted by Crippen LogP contribution is -2.07. The largest absolute Gasteiger partial charge is 0.461 e. The van der Waals surface area contributed by atoms with Crippen molar-refractivity contribution in [3.63, 3.8) is 0 Å². The second-order valence-electron chi connectivity index (χ2n) is 4.01. The van der Waals surface area contributed by atoms with Crippen LogP contribution in [0.3, 0.4) is 0 Å². The van der Waals surface area contributed by atoms with E-state index < -0.39 is 0 Å². The van der Waals surface area contributed by atoms with E-state index in [1.165, 1.54) is 0 Å². The van der Waals surface area contributed by atoms with Gasteiger partial charge in [-0.05, 0) is 32.4 Å². The first-order chi connectivity index (χ1) is 8.22. The number of hydrogen-bond acceptors (Lipinski definition) is 4. The van der Waals surface area contributed by atoms with Gasteiger partial charge in [-0.2, -0.15) is 0 Å². The number of rotatable bonds is 4. The summed E-state index contributed by atoms with van der Waals surface area (Å²) in [5.74, 6) is 2.23. The summed E-state index contributed by atoms with van der Waals surface area (Å²) in [6.07, 6.45) is 2.70. The molecular formula is C13H17N3O. The Morgan fingerprint density at radius 3 is 2.76 bits per heavy atom. The van der Waals surface area contributed by atoms with Gasteiger partial charge in [0, 0.05) is 17.8 Å². The molecule has 0 unspecified atom stereocenters. The normalized spacial score (nSPS) is 10.5. The molecule has 0 spiro atoms. The van der Waals surface area contributed by atoms with Crippen molar-refractivity contribution in [1.29, 1.82) is 0 Å². The van der Waals surface area contributed by atoms with Gasteiger partial charge in [0.2, 0.25) is 0 Å². The Morgan fingerprint density at radius 1 is 1.29 bits per heavy atom. The molecule has 90 valence electrons. The fourth-order valence-electron chi connectivity index (χ4n) is 1.56. The van der Waals surface area contributed by atoms with E-state index in [1.54, 1.807) is 6.26 Å². The van der Waals surface area contributed by atoms with Crippen molar-refractivity contribution < 1.29 is 4.42 Å². The molecule has 0 saturated heterocycles. The van der Waals surface area contributed by atoms with Crippen molar-refractivity contribution in [2.75, 3.05) is 11.9 Å². The maximum absolute atomic E-state index is 5.32. The number of aromatic nitrogens is 2. The van der Waals surface area contributed by atoms with Crippen molar-refractivity contribution in [2.24, 2.45) is 0 Å². The highest BCUT2D eigenvalue weighted by molar-refractivity contribution is 5.54. The number of aryl methyl sites for hydroxylation is 1. The molecule has 0 amide bonds. The summed E-state index contributed by atoms with van der Waals surface area (Å²) in [5, 5.41) is 3.31. The standard InChI is InChI=1S/C13H17N3O/c1-4-7-14-12-9(2)10(3)15-13(16-12)11-6-5-8-17-11/h5-6,8H,4,7H2,1-3H3,(H,14,15,16). The molecular weight excluding hydrogens is 214 g/mol. The third kappa shape index (κ3) is 2.46. The minimum Gasteiger partial charge on any atom is -0.461 e. The van der Waals surface area contributed by atoms with E-state index >= 15 is 0 Å². The van der Waals surface area contributed by atoms with Gasteiger partial charge in [0.1, 0.15) is 5.82 Å². The molecule has 0 radical (unpaired) electrons. The van der Waals surface area contributed by atoms with Gasteiger partial charge in [-0.15, -0.1) is 0 Å². The number of nitrogens with one attached hydrogen (secondary N) is 1. The number of anilines is 1. The van der Waals surface area contributed by atoms with Crippen LogP contribution in [0, 0.1) is 13.8 Å². The Morgan fingerprint density at radius 2 is 2.12 bits per heavy atom. The van der Waals surface area contributed by atoms with Crippen molar-refractivity contribution in [3.8, 4) is 11.6 Å². The summed E-state index contributed by atoms with van der Waals surface area (Å²) in [6.45, 7) is 7.05. The summed E-state index contributed by atoms with van der Waals surface area (Å²) in [4.78, 5) is 8.94. The molecule has 1 N–H and O–H groups in total. The molecule has 0 saturated carbocycles. The van der Waals surface area contributed by atoms with Gasteiger partial charge in [-0.25, -0.2) is 9.97 Å². The Labute approximate surface area is 101 Å². The minimum atomic E-state index is 0.636. The van der Waals surface area contributed by atoms with E-state index in [4.69, 9.17) is 4.42 Å². The summed E-state index contributed by atoms with van der Waals surface area (Å²) in [5.41, 5.74) is 2.07. The minimum absolute atomic E-state index is 0.636. The van der Waals surface area contributed by atoms with Crippen LogP contribution < -0.4 is 5.32 Å². The highest BCUT2D eigenvalue weighted by atomic mass is 16.3. The Bertz CT molecular complexity index is 492. The van der Waals surface area contributed by atoms with Crippen LogP contribution in [0.2, 0.25) is 0 Å². The summed E-state index contributed by atoms with van der Waals surface area (Å²) in [7, 11) is 0. The second kappa shape index (κ2) is 4.99. The first-order valence-corrected chi connectivity index (χ1v) is 5.85. The number of furan rings is 1. The van der Waals surface area contributed by atoms with Gasteiger partial charge in [-0.1, -0.05) is 6.92 Å². The van der Waals surface area contributed by atoms with Gasteiger partial charge in [0.15, 0.2) is 11.6 Å². The molecule has 0 aromatic carbocycles. The van der Waals surface area contributed by atoms with Crippen molar-refractivity contribution >= 4 is 5.82 Å². The molecule has 0 aliphatic carbocycles. The third-order valence-electron chi connectivity index (χ3n) is 2.67. The van der Waals surface area contributed by atoms with E-state index in [2.05, 4.69) is 22.2 Å². The van der Waals surface area contributed by atoms with E-state index in [-0.39, 0.29) is 0 Å². The quantitative estimate of drug-likeness (QED) is 0.878. The third-order valence-corrected chi connectivity index (χ3v) is 2.67. The van der Waals surface area contributed by atoms with E-state index in [0.717, 1.165) is 30.0 Å². The van der Waals surface area contributed by atoms with Crippen LogP contribution >= 0.6 is 0 Å². The Kier molecular flexibility index (Phi) is 3.42. The number of hydrogen-bond donors (Lipinski definition) is 1. The summed E-state index contributed by atoms with van der Waals surface area (Å²) in [6, 6.07) is 3.71. The molecule has 2 heterocycles. The number of nitrogens with zero attached hydrogens (tertiary/aromatic N) is 2. The fraction of sp³-hybridized carbons (Fsp3) is 0.385. The maximum atomic E-state index is 5.32. The van der Waals surface area contributed by atoms with Crippen LogP contribution in [-0.2, 0) is 0 Å². The van der Waals surface area contributed by atoms with Gasteiger partial charge in [0.25, 0.3) is 0 Å². The molecule has 0 atom stereocenters. The monoisotopic (exact) mass is 231 g/mol. The molecule has 2 aromatic heterocycles. The lowest BCUT2D eigenvalue weighted by molar-refractivity contribution is 0.577. The van der Waals surface area contributed by atoms with Crippen LogP contribution in [0.1, 0.15) is 24.6 Å². The average molecular weight is 231 g/mol.